The number of rotatable bonds is 4. The third-order valence-electron chi connectivity index (χ3n) is 5.68. The molecule has 158 valence electrons. The summed E-state index contributed by atoms with van der Waals surface area (Å²) in [5.41, 5.74) is 10.8. The van der Waals surface area contributed by atoms with Crippen LogP contribution in [0.1, 0.15) is 22.6 Å². The second kappa shape index (κ2) is 7.46. The van der Waals surface area contributed by atoms with Gasteiger partial charge in [-0.05, 0) is 43.0 Å². The molecule has 0 aliphatic heterocycles. The molecule has 7 nitrogen and oxygen atoms in total. The molecule has 5 rings (SSSR count). The van der Waals surface area contributed by atoms with E-state index >= 15 is 0 Å². The van der Waals surface area contributed by atoms with E-state index in [1.807, 2.05) is 68.4 Å². The van der Waals surface area contributed by atoms with Crippen LogP contribution < -0.4 is 11.3 Å². The van der Waals surface area contributed by atoms with Gasteiger partial charge in [0.05, 0.1) is 28.7 Å². The van der Waals surface area contributed by atoms with E-state index in [-0.39, 0.29) is 5.56 Å². The van der Waals surface area contributed by atoms with Crippen molar-refractivity contribution in [3.63, 3.8) is 0 Å². The Morgan fingerprint density at radius 1 is 1.03 bits per heavy atom. The van der Waals surface area contributed by atoms with Crippen molar-refractivity contribution in [2.24, 2.45) is 5.73 Å². The maximum atomic E-state index is 13.7. The quantitative estimate of drug-likeness (QED) is 0.477. The summed E-state index contributed by atoms with van der Waals surface area (Å²) in [5.74, 6) is 0. The first kappa shape index (κ1) is 19.7. The van der Waals surface area contributed by atoms with E-state index in [1.54, 1.807) is 9.25 Å². The van der Waals surface area contributed by atoms with Crippen LogP contribution >= 0.6 is 0 Å². The van der Waals surface area contributed by atoms with Crippen molar-refractivity contribution >= 4 is 27.5 Å². The van der Waals surface area contributed by atoms with Crippen molar-refractivity contribution in [2.75, 3.05) is 0 Å². The number of pyridine rings is 1. The molecule has 7 heteroatoms. The molecular formula is C25H22N6O. The van der Waals surface area contributed by atoms with Gasteiger partial charge in [0, 0.05) is 11.4 Å². The summed E-state index contributed by atoms with van der Waals surface area (Å²) in [6, 6.07) is 17.5. The fourth-order valence-corrected chi connectivity index (χ4v) is 4.21. The number of hydrogen-bond donors (Lipinski definition) is 1. The summed E-state index contributed by atoms with van der Waals surface area (Å²) in [6.07, 6.45) is 1.51. The minimum absolute atomic E-state index is 0.0625. The summed E-state index contributed by atoms with van der Waals surface area (Å²) in [6.45, 7) is 8.03. The lowest BCUT2D eigenvalue weighted by Crippen LogP contribution is -2.24. The molecule has 0 unspecified atom stereocenters. The van der Waals surface area contributed by atoms with Gasteiger partial charge in [-0.3, -0.25) is 9.36 Å². The van der Waals surface area contributed by atoms with E-state index in [0.29, 0.717) is 29.0 Å². The normalized spacial score (nSPS) is 11.3. The topological polar surface area (TPSA) is 91.6 Å². The van der Waals surface area contributed by atoms with E-state index in [4.69, 9.17) is 5.73 Å². The first-order valence-corrected chi connectivity index (χ1v) is 10.3. The van der Waals surface area contributed by atoms with Gasteiger partial charge in [-0.25, -0.2) is 14.6 Å². The number of benzene rings is 2. The molecule has 0 saturated carbocycles. The predicted molar refractivity (Wildman–Crippen MR) is 127 cm³/mol. The summed E-state index contributed by atoms with van der Waals surface area (Å²) >= 11 is 0. The van der Waals surface area contributed by atoms with Crippen LogP contribution in [-0.4, -0.2) is 24.3 Å². The highest BCUT2D eigenvalue weighted by molar-refractivity contribution is 5.89. The Labute approximate surface area is 184 Å². The molecule has 0 fully saturated rings. The highest BCUT2D eigenvalue weighted by atomic mass is 16.1. The van der Waals surface area contributed by atoms with E-state index in [9.17, 15) is 4.79 Å². The van der Waals surface area contributed by atoms with Crippen LogP contribution in [0.5, 0.6) is 0 Å². The molecule has 3 heterocycles. The second-order valence-corrected chi connectivity index (χ2v) is 7.84. The van der Waals surface area contributed by atoms with Gasteiger partial charge in [-0.1, -0.05) is 43.0 Å². The van der Waals surface area contributed by atoms with Gasteiger partial charge in [0.2, 0.25) is 0 Å². The van der Waals surface area contributed by atoms with Crippen LogP contribution in [0, 0.1) is 13.8 Å². The molecular weight excluding hydrogens is 400 g/mol. The highest BCUT2D eigenvalue weighted by Crippen LogP contribution is 2.24. The van der Waals surface area contributed by atoms with Crippen LogP contribution in [0.15, 0.2) is 72.3 Å². The Bertz CT molecular complexity index is 1560. The molecule has 0 aliphatic rings. The van der Waals surface area contributed by atoms with Crippen molar-refractivity contribution in [2.45, 2.75) is 20.4 Å². The highest BCUT2D eigenvalue weighted by Gasteiger charge is 2.19. The third-order valence-corrected chi connectivity index (χ3v) is 5.68. The van der Waals surface area contributed by atoms with Crippen molar-refractivity contribution in [3.05, 3.63) is 101 Å². The SMILES string of the molecule is C=C(N)c1nn(Cc2cc3cccc(C)c3c(=O)n2-c2ccccc2)c2ncnc(C)c12. The molecule has 0 spiro atoms. The number of fused-ring (bicyclic) bond motifs is 2. The average Bonchev–Trinajstić information content (AvgIpc) is 3.14. The maximum absolute atomic E-state index is 13.7. The fourth-order valence-electron chi connectivity index (χ4n) is 4.21. The van der Waals surface area contributed by atoms with Crippen molar-refractivity contribution in [3.8, 4) is 5.69 Å². The molecule has 2 N–H and O–H groups in total. The molecule has 0 bridgehead atoms. The lowest BCUT2D eigenvalue weighted by molar-refractivity contribution is 0.667. The summed E-state index contributed by atoms with van der Waals surface area (Å²) in [4.78, 5) is 22.4. The molecule has 5 aromatic rings. The van der Waals surface area contributed by atoms with Crippen molar-refractivity contribution < 1.29 is 0 Å². The molecule has 3 aromatic heterocycles. The van der Waals surface area contributed by atoms with Crippen LogP contribution in [-0.2, 0) is 6.54 Å². The van der Waals surface area contributed by atoms with Gasteiger partial charge in [0.1, 0.15) is 12.0 Å². The molecule has 0 atom stereocenters. The zero-order chi connectivity index (χ0) is 22.4. The number of nitrogens with two attached hydrogens (primary N) is 1. The first-order chi connectivity index (χ1) is 15.5. The van der Waals surface area contributed by atoms with Crippen LogP contribution in [0.2, 0.25) is 0 Å². The van der Waals surface area contributed by atoms with E-state index in [1.165, 1.54) is 6.33 Å². The van der Waals surface area contributed by atoms with Crippen molar-refractivity contribution in [1.29, 1.82) is 0 Å². The monoisotopic (exact) mass is 422 g/mol. The summed E-state index contributed by atoms with van der Waals surface area (Å²) < 4.78 is 3.50. The lowest BCUT2D eigenvalue weighted by atomic mass is 10.1. The fraction of sp³-hybridized carbons (Fsp3) is 0.120. The second-order valence-electron chi connectivity index (χ2n) is 7.84. The molecule has 2 aromatic carbocycles. The first-order valence-electron chi connectivity index (χ1n) is 10.3. The molecule has 0 amide bonds. The zero-order valence-corrected chi connectivity index (χ0v) is 17.9. The summed E-state index contributed by atoms with van der Waals surface area (Å²) in [5, 5.41) is 7.05. The minimum Gasteiger partial charge on any atom is -0.397 e. The largest absolute Gasteiger partial charge is 0.397 e. The van der Waals surface area contributed by atoms with Gasteiger partial charge < -0.3 is 5.73 Å². The molecule has 0 saturated heterocycles. The van der Waals surface area contributed by atoms with E-state index in [2.05, 4.69) is 21.6 Å². The Kier molecular flexibility index (Phi) is 4.59. The Morgan fingerprint density at radius 3 is 2.56 bits per heavy atom. The van der Waals surface area contributed by atoms with Gasteiger partial charge in [-0.15, -0.1) is 0 Å². The Balaban J connectivity index is 1.80. The Morgan fingerprint density at radius 2 is 1.81 bits per heavy atom. The van der Waals surface area contributed by atoms with Crippen LogP contribution in [0.3, 0.4) is 0 Å². The maximum Gasteiger partial charge on any atom is 0.263 e. The van der Waals surface area contributed by atoms with Gasteiger partial charge >= 0.3 is 0 Å². The minimum atomic E-state index is -0.0625. The number of aromatic nitrogens is 5. The predicted octanol–water partition coefficient (Wildman–Crippen LogP) is 3.72. The van der Waals surface area contributed by atoms with Gasteiger partial charge in [0.15, 0.2) is 5.65 Å². The molecule has 32 heavy (non-hydrogen) atoms. The number of aryl methyl sites for hydroxylation is 2. The molecule has 0 aliphatic carbocycles. The number of nitrogens with zero attached hydrogens (tertiary/aromatic N) is 5. The van der Waals surface area contributed by atoms with Crippen LogP contribution in [0.4, 0.5) is 0 Å². The van der Waals surface area contributed by atoms with Gasteiger partial charge in [0.25, 0.3) is 5.56 Å². The zero-order valence-electron chi connectivity index (χ0n) is 17.9. The third kappa shape index (κ3) is 3.06. The Hall–Kier alpha value is -4.26. The smallest absolute Gasteiger partial charge is 0.263 e. The van der Waals surface area contributed by atoms with E-state index in [0.717, 1.165) is 33.4 Å². The van der Waals surface area contributed by atoms with Crippen LogP contribution in [0.25, 0.3) is 33.2 Å². The number of hydrogen-bond acceptors (Lipinski definition) is 5. The summed E-state index contributed by atoms with van der Waals surface area (Å²) in [7, 11) is 0. The number of para-hydroxylation sites is 1. The van der Waals surface area contributed by atoms with Crippen molar-refractivity contribution in [1.82, 2.24) is 24.3 Å². The molecule has 0 radical (unpaired) electrons. The van der Waals surface area contributed by atoms with Gasteiger partial charge in [-0.2, -0.15) is 5.10 Å². The average molecular weight is 422 g/mol. The lowest BCUT2D eigenvalue weighted by Gasteiger charge is -2.16. The standard InChI is InChI=1S/C25H22N6O/c1-15-8-7-9-18-12-20(31(25(32)21(15)18)19-10-5-4-6-11-19)13-30-24-22(17(3)27-14-28-24)23(29-30)16(2)26/h4-12,14H,2,13,26H2,1,3H3. The van der Waals surface area contributed by atoms with E-state index < -0.39 is 0 Å².